The third kappa shape index (κ3) is 2.62. The Labute approximate surface area is 157 Å². The lowest BCUT2D eigenvalue weighted by molar-refractivity contribution is -0.130. The molecule has 2 aliphatic rings. The first-order chi connectivity index (χ1) is 12.4. The molecule has 26 heavy (non-hydrogen) atoms. The summed E-state index contributed by atoms with van der Waals surface area (Å²) < 4.78 is 11.1. The Balaban J connectivity index is 1.59. The highest BCUT2D eigenvalue weighted by atomic mass is 35.5. The molecule has 0 bridgehead atoms. The first kappa shape index (κ1) is 16.9. The second-order valence-corrected chi connectivity index (χ2v) is 7.76. The highest BCUT2D eigenvalue weighted by molar-refractivity contribution is 7.18. The molecule has 1 aromatic heterocycles. The van der Waals surface area contributed by atoms with Gasteiger partial charge in [-0.3, -0.25) is 14.5 Å². The van der Waals surface area contributed by atoms with Crippen LogP contribution >= 0.6 is 22.9 Å². The number of carbonyl (C=O) groups is 3. The lowest BCUT2D eigenvalue weighted by Crippen LogP contribution is -2.41. The highest BCUT2D eigenvalue weighted by Gasteiger charge is 2.50. The van der Waals surface area contributed by atoms with Crippen LogP contribution < -0.4 is 14.8 Å². The molecule has 1 atom stereocenters. The normalized spacial score (nSPS) is 21.2. The Morgan fingerprint density at radius 2 is 2.04 bits per heavy atom. The standard InChI is InChI=1S/C17H13ClN2O5S/c1-17(9-2-3-11-12(6-9)25-8-24-11)15(22)20(16(23)19-17)7-10(21)13-4-5-14(18)26-13/h2-6H,7-8H2,1H3,(H,19,23)/t17-/m0/s1. The van der Waals surface area contributed by atoms with E-state index in [0.717, 1.165) is 16.2 Å². The van der Waals surface area contributed by atoms with E-state index in [1.807, 2.05) is 0 Å². The first-order valence-corrected chi connectivity index (χ1v) is 8.91. The molecule has 9 heteroatoms. The molecule has 0 saturated carbocycles. The molecular weight excluding hydrogens is 380 g/mol. The van der Waals surface area contributed by atoms with Gasteiger partial charge in [-0.25, -0.2) is 4.79 Å². The van der Waals surface area contributed by atoms with Gasteiger partial charge in [-0.1, -0.05) is 17.7 Å². The van der Waals surface area contributed by atoms with E-state index in [9.17, 15) is 14.4 Å². The van der Waals surface area contributed by atoms with Crippen LogP contribution in [0.25, 0.3) is 0 Å². The van der Waals surface area contributed by atoms with Gasteiger partial charge in [0.25, 0.3) is 5.91 Å². The summed E-state index contributed by atoms with van der Waals surface area (Å²) in [5.74, 6) is 0.238. The number of ether oxygens (including phenoxy) is 2. The molecule has 0 spiro atoms. The van der Waals surface area contributed by atoms with Crippen molar-refractivity contribution in [2.45, 2.75) is 12.5 Å². The number of halogens is 1. The fraction of sp³-hybridized carbons (Fsp3) is 0.235. The van der Waals surface area contributed by atoms with Gasteiger partial charge in [0.2, 0.25) is 6.79 Å². The number of benzene rings is 1. The van der Waals surface area contributed by atoms with Crippen LogP contribution in [0.4, 0.5) is 4.79 Å². The van der Waals surface area contributed by atoms with Crippen LogP contribution in [0.15, 0.2) is 30.3 Å². The summed E-state index contributed by atoms with van der Waals surface area (Å²) in [6, 6.07) is 7.59. The summed E-state index contributed by atoms with van der Waals surface area (Å²) in [5, 5.41) is 2.67. The number of Topliss-reactive ketones (excluding diaryl/α,β-unsaturated/α-hetero) is 1. The van der Waals surface area contributed by atoms with Crippen molar-refractivity contribution < 1.29 is 23.9 Å². The average molecular weight is 393 g/mol. The third-order valence-electron chi connectivity index (χ3n) is 4.37. The number of nitrogens with zero attached hydrogens (tertiary/aromatic N) is 1. The van der Waals surface area contributed by atoms with E-state index < -0.39 is 17.5 Å². The molecule has 134 valence electrons. The molecule has 2 aliphatic heterocycles. The van der Waals surface area contributed by atoms with Crippen LogP contribution in [0.5, 0.6) is 11.5 Å². The van der Waals surface area contributed by atoms with Crippen LogP contribution in [0.1, 0.15) is 22.2 Å². The fourth-order valence-corrected chi connectivity index (χ4v) is 3.90. The Hall–Kier alpha value is -2.58. The number of hydrogen-bond donors (Lipinski definition) is 1. The second kappa shape index (κ2) is 6.00. The molecule has 3 heterocycles. The minimum absolute atomic E-state index is 0.111. The van der Waals surface area contributed by atoms with Crippen LogP contribution in [-0.4, -0.2) is 36.0 Å². The third-order valence-corrected chi connectivity index (χ3v) is 5.65. The van der Waals surface area contributed by atoms with Crippen LogP contribution in [-0.2, 0) is 10.3 Å². The summed E-state index contributed by atoms with van der Waals surface area (Å²) in [5.41, 5.74) is -0.736. The van der Waals surface area contributed by atoms with E-state index in [1.165, 1.54) is 0 Å². The van der Waals surface area contributed by atoms with Crippen molar-refractivity contribution in [2.24, 2.45) is 0 Å². The van der Waals surface area contributed by atoms with Crippen LogP contribution in [0.3, 0.4) is 0 Å². The Morgan fingerprint density at radius 3 is 2.77 bits per heavy atom. The number of urea groups is 1. The number of imide groups is 1. The number of nitrogens with one attached hydrogen (secondary N) is 1. The van der Waals surface area contributed by atoms with Crippen molar-refractivity contribution in [2.75, 3.05) is 13.3 Å². The largest absolute Gasteiger partial charge is 0.454 e. The van der Waals surface area contributed by atoms with E-state index in [1.54, 1.807) is 37.3 Å². The molecule has 2 aromatic rings. The van der Waals surface area contributed by atoms with Crippen molar-refractivity contribution in [3.8, 4) is 11.5 Å². The fourth-order valence-electron chi connectivity index (χ4n) is 2.93. The summed E-state index contributed by atoms with van der Waals surface area (Å²) in [6.45, 7) is 1.36. The van der Waals surface area contributed by atoms with E-state index in [4.69, 9.17) is 21.1 Å². The number of ketones is 1. The van der Waals surface area contributed by atoms with Crippen LogP contribution in [0.2, 0.25) is 4.34 Å². The molecule has 0 aliphatic carbocycles. The molecule has 1 aromatic carbocycles. The smallest absolute Gasteiger partial charge is 0.325 e. The number of rotatable bonds is 4. The summed E-state index contributed by atoms with van der Waals surface area (Å²) in [4.78, 5) is 38.9. The zero-order valence-corrected chi connectivity index (χ0v) is 15.1. The predicted molar refractivity (Wildman–Crippen MR) is 93.8 cm³/mol. The minimum Gasteiger partial charge on any atom is -0.454 e. The lowest BCUT2D eigenvalue weighted by Gasteiger charge is -2.22. The molecule has 1 N–H and O–H groups in total. The molecular formula is C17H13ClN2O5S. The molecule has 3 amide bonds. The zero-order valence-electron chi connectivity index (χ0n) is 13.6. The Morgan fingerprint density at radius 1 is 1.27 bits per heavy atom. The maximum Gasteiger partial charge on any atom is 0.325 e. The summed E-state index contributed by atoms with van der Waals surface area (Å²) in [6.07, 6.45) is 0. The van der Waals surface area contributed by atoms with Gasteiger partial charge in [0.15, 0.2) is 17.3 Å². The van der Waals surface area contributed by atoms with Gasteiger partial charge in [0.1, 0.15) is 5.54 Å². The molecule has 1 fully saturated rings. The van der Waals surface area contributed by atoms with Gasteiger partial charge in [-0.2, -0.15) is 0 Å². The predicted octanol–water partition coefficient (Wildman–Crippen LogP) is 2.78. The van der Waals surface area contributed by atoms with E-state index in [2.05, 4.69) is 5.32 Å². The maximum atomic E-state index is 12.9. The average Bonchev–Trinajstić information content (AvgIpc) is 3.30. The topological polar surface area (TPSA) is 84.9 Å². The van der Waals surface area contributed by atoms with Gasteiger partial charge in [-0.15, -0.1) is 11.3 Å². The Bertz CT molecular complexity index is 943. The van der Waals surface area contributed by atoms with Gasteiger partial charge < -0.3 is 14.8 Å². The monoisotopic (exact) mass is 392 g/mol. The summed E-state index contributed by atoms with van der Waals surface area (Å²) >= 11 is 6.94. The van der Waals surface area contributed by atoms with Gasteiger partial charge >= 0.3 is 6.03 Å². The van der Waals surface area contributed by atoms with Crippen molar-refractivity contribution in [1.29, 1.82) is 0 Å². The maximum absolute atomic E-state index is 12.9. The van der Waals surface area contributed by atoms with Crippen molar-refractivity contribution in [1.82, 2.24) is 10.2 Å². The molecule has 0 unspecified atom stereocenters. The van der Waals surface area contributed by atoms with E-state index in [-0.39, 0.29) is 19.1 Å². The molecule has 4 rings (SSSR count). The molecule has 7 nitrogen and oxygen atoms in total. The highest BCUT2D eigenvalue weighted by Crippen LogP contribution is 2.38. The minimum atomic E-state index is -1.29. The number of hydrogen-bond acceptors (Lipinski definition) is 6. The lowest BCUT2D eigenvalue weighted by atomic mass is 9.91. The van der Waals surface area contributed by atoms with Crippen molar-refractivity contribution >= 4 is 40.7 Å². The number of fused-ring (bicyclic) bond motifs is 1. The van der Waals surface area contributed by atoms with Crippen molar-refractivity contribution in [3.63, 3.8) is 0 Å². The number of thiophene rings is 1. The van der Waals surface area contributed by atoms with E-state index >= 15 is 0 Å². The zero-order chi connectivity index (χ0) is 18.5. The first-order valence-electron chi connectivity index (χ1n) is 7.71. The number of carbonyl (C=O) groups excluding carboxylic acids is 3. The van der Waals surface area contributed by atoms with Crippen LogP contribution in [0, 0.1) is 0 Å². The Kier molecular flexibility index (Phi) is 3.89. The quantitative estimate of drug-likeness (QED) is 0.638. The SMILES string of the molecule is C[C@@]1(c2ccc3c(c2)OCO3)NC(=O)N(CC(=O)c2ccc(Cl)s2)C1=O. The van der Waals surface area contributed by atoms with Gasteiger partial charge in [0.05, 0.1) is 15.8 Å². The van der Waals surface area contributed by atoms with Gasteiger partial charge in [0, 0.05) is 0 Å². The molecule has 1 saturated heterocycles. The van der Waals surface area contributed by atoms with Gasteiger partial charge in [-0.05, 0) is 36.8 Å². The molecule has 0 radical (unpaired) electrons. The second-order valence-electron chi connectivity index (χ2n) is 6.04. The summed E-state index contributed by atoms with van der Waals surface area (Å²) in [7, 11) is 0. The number of amides is 3. The van der Waals surface area contributed by atoms with E-state index in [0.29, 0.717) is 26.3 Å². The van der Waals surface area contributed by atoms with Crippen molar-refractivity contribution in [3.05, 3.63) is 45.1 Å².